The highest BCUT2D eigenvalue weighted by molar-refractivity contribution is 6.30. The van der Waals surface area contributed by atoms with Crippen LogP contribution < -0.4 is 25.4 Å². The van der Waals surface area contributed by atoms with Gasteiger partial charge in [0, 0.05) is 10.6 Å². The Labute approximate surface area is 150 Å². The quantitative estimate of drug-likeness (QED) is 0.555. The topological polar surface area (TPSA) is 95.2 Å². The van der Waals surface area contributed by atoms with E-state index in [-0.39, 0.29) is 6.61 Å². The van der Waals surface area contributed by atoms with Gasteiger partial charge >= 0.3 is 0 Å². The molecule has 0 spiro atoms. The fourth-order valence-corrected chi connectivity index (χ4v) is 2.09. The van der Waals surface area contributed by atoms with E-state index in [1.54, 1.807) is 30.5 Å². The van der Waals surface area contributed by atoms with Gasteiger partial charge in [-0.25, -0.2) is 0 Å². The number of hydrazone groups is 1. The Hall–Kier alpha value is -2.93. The molecule has 2 aromatic rings. The summed E-state index contributed by atoms with van der Waals surface area (Å²) in [4.78, 5) is 10.9. The standard InChI is InChI=1S/C17H18ClN3O4/c1-23-14-7-11(8-15(24-2)17(14)25-10-16(19)22)9-20-21-13-5-3-12(18)4-6-13/h3-9,21H,10H2,1-2H3,(H2,19,22)/b20-9-. The van der Waals surface area contributed by atoms with Gasteiger partial charge in [-0.1, -0.05) is 11.6 Å². The predicted octanol–water partition coefficient (Wildman–Crippen LogP) is 2.67. The lowest BCUT2D eigenvalue weighted by Gasteiger charge is -2.14. The predicted molar refractivity (Wildman–Crippen MR) is 96.9 cm³/mol. The van der Waals surface area contributed by atoms with Gasteiger partial charge in [0.2, 0.25) is 5.75 Å². The number of hydrogen-bond acceptors (Lipinski definition) is 6. The molecule has 0 radical (unpaired) electrons. The molecule has 2 aromatic carbocycles. The lowest BCUT2D eigenvalue weighted by molar-refractivity contribution is -0.119. The van der Waals surface area contributed by atoms with E-state index in [1.165, 1.54) is 14.2 Å². The second kappa shape index (κ2) is 8.79. The summed E-state index contributed by atoms with van der Waals surface area (Å²) < 4.78 is 15.9. The van der Waals surface area contributed by atoms with E-state index >= 15 is 0 Å². The van der Waals surface area contributed by atoms with Crippen LogP contribution in [0.15, 0.2) is 41.5 Å². The first kappa shape index (κ1) is 18.4. The van der Waals surface area contributed by atoms with Gasteiger partial charge in [-0.05, 0) is 36.4 Å². The van der Waals surface area contributed by atoms with Gasteiger partial charge in [-0.3, -0.25) is 10.2 Å². The highest BCUT2D eigenvalue weighted by Crippen LogP contribution is 2.38. The van der Waals surface area contributed by atoms with Crippen LogP contribution in [0.3, 0.4) is 0 Å². The van der Waals surface area contributed by atoms with Crippen molar-refractivity contribution in [3.05, 3.63) is 47.0 Å². The zero-order valence-corrected chi connectivity index (χ0v) is 14.5. The van der Waals surface area contributed by atoms with Crippen molar-refractivity contribution in [3.8, 4) is 17.2 Å². The maximum atomic E-state index is 10.9. The van der Waals surface area contributed by atoms with Crippen LogP contribution in [0, 0.1) is 0 Å². The van der Waals surface area contributed by atoms with Gasteiger partial charge in [0.15, 0.2) is 18.1 Å². The van der Waals surface area contributed by atoms with Crippen molar-refractivity contribution in [1.82, 2.24) is 0 Å². The molecule has 8 heteroatoms. The molecule has 0 bridgehead atoms. The number of nitrogens with one attached hydrogen (secondary N) is 1. The van der Waals surface area contributed by atoms with Gasteiger partial charge in [0.25, 0.3) is 5.91 Å². The minimum atomic E-state index is -0.595. The molecule has 0 unspecified atom stereocenters. The summed E-state index contributed by atoms with van der Waals surface area (Å²) in [6, 6.07) is 10.5. The Morgan fingerprint density at radius 2 is 1.80 bits per heavy atom. The molecule has 7 nitrogen and oxygen atoms in total. The van der Waals surface area contributed by atoms with Crippen molar-refractivity contribution >= 4 is 29.4 Å². The van der Waals surface area contributed by atoms with Crippen molar-refractivity contribution < 1.29 is 19.0 Å². The monoisotopic (exact) mass is 363 g/mol. The Morgan fingerprint density at radius 3 is 2.32 bits per heavy atom. The van der Waals surface area contributed by atoms with Gasteiger partial charge in [-0.2, -0.15) is 5.10 Å². The van der Waals surface area contributed by atoms with Crippen molar-refractivity contribution in [2.75, 3.05) is 26.3 Å². The summed E-state index contributed by atoms with van der Waals surface area (Å²) in [5.74, 6) is 0.496. The highest BCUT2D eigenvalue weighted by atomic mass is 35.5. The molecule has 25 heavy (non-hydrogen) atoms. The molecule has 132 valence electrons. The van der Waals surface area contributed by atoms with Gasteiger partial charge in [0.05, 0.1) is 26.1 Å². The lowest BCUT2D eigenvalue weighted by Crippen LogP contribution is -2.20. The molecule has 0 saturated carbocycles. The lowest BCUT2D eigenvalue weighted by atomic mass is 10.2. The van der Waals surface area contributed by atoms with Crippen LogP contribution in [-0.2, 0) is 4.79 Å². The summed E-state index contributed by atoms with van der Waals surface area (Å²) in [6.45, 7) is -0.279. The Morgan fingerprint density at radius 1 is 1.20 bits per heavy atom. The molecule has 1 amide bonds. The molecular formula is C17H18ClN3O4. The molecular weight excluding hydrogens is 346 g/mol. The molecule has 0 aliphatic carbocycles. The number of rotatable bonds is 8. The van der Waals surface area contributed by atoms with E-state index in [2.05, 4.69) is 10.5 Å². The summed E-state index contributed by atoms with van der Waals surface area (Å²) in [5, 5.41) is 4.80. The number of methoxy groups -OCH3 is 2. The molecule has 2 rings (SSSR count). The number of carbonyl (C=O) groups excluding carboxylic acids is 1. The number of ether oxygens (including phenoxy) is 3. The van der Waals surface area contributed by atoms with Crippen molar-refractivity contribution in [3.63, 3.8) is 0 Å². The smallest absolute Gasteiger partial charge is 0.255 e. The average molecular weight is 364 g/mol. The summed E-state index contributed by atoms with van der Waals surface area (Å²) >= 11 is 5.83. The molecule has 0 atom stereocenters. The fraction of sp³-hybridized carbons (Fsp3) is 0.176. The largest absolute Gasteiger partial charge is 0.493 e. The van der Waals surface area contributed by atoms with Crippen LogP contribution in [0.2, 0.25) is 5.02 Å². The number of carbonyl (C=O) groups is 1. The minimum absolute atomic E-state index is 0.279. The average Bonchev–Trinajstić information content (AvgIpc) is 2.61. The number of amides is 1. The number of hydrogen-bond donors (Lipinski definition) is 2. The van der Waals surface area contributed by atoms with E-state index < -0.39 is 5.91 Å². The number of halogens is 1. The van der Waals surface area contributed by atoms with Crippen molar-refractivity contribution in [2.45, 2.75) is 0 Å². The third kappa shape index (κ3) is 5.29. The number of anilines is 1. The molecule has 0 aromatic heterocycles. The normalized spacial score (nSPS) is 10.5. The van der Waals surface area contributed by atoms with Crippen LogP contribution in [0.5, 0.6) is 17.2 Å². The van der Waals surface area contributed by atoms with Crippen LogP contribution in [0.1, 0.15) is 5.56 Å². The zero-order valence-electron chi connectivity index (χ0n) is 13.8. The zero-order chi connectivity index (χ0) is 18.2. The highest BCUT2D eigenvalue weighted by Gasteiger charge is 2.14. The Balaban J connectivity index is 2.18. The van der Waals surface area contributed by atoms with Crippen LogP contribution in [0.4, 0.5) is 5.69 Å². The fourth-order valence-electron chi connectivity index (χ4n) is 1.97. The van der Waals surface area contributed by atoms with E-state index in [1.807, 2.05) is 12.1 Å². The first-order chi connectivity index (χ1) is 12.0. The minimum Gasteiger partial charge on any atom is -0.493 e. The van der Waals surface area contributed by atoms with Crippen LogP contribution in [0.25, 0.3) is 0 Å². The van der Waals surface area contributed by atoms with E-state index in [0.29, 0.717) is 27.8 Å². The summed E-state index contributed by atoms with van der Waals surface area (Å²) in [5.41, 5.74) is 9.49. The van der Waals surface area contributed by atoms with Crippen molar-refractivity contribution in [2.24, 2.45) is 10.8 Å². The van der Waals surface area contributed by atoms with Gasteiger partial charge in [-0.15, -0.1) is 0 Å². The number of nitrogens with two attached hydrogens (primary N) is 1. The third-order valence-corrected chi connectivity index (χ3v) is 3.35. The van der Waals surface area contributed by atoms with E-state index in [0.717, 1.165) is 5.69 Å². The Bertz CT molecular complexity index is 738. The molecule has 0 aliphatic heterocycles. The van der Waals surface area contributed by atoms with Crippen LogP contribution in [-0.4, -0.2) is 32.9 Å². The molecule has 0 heterocycles. The first-order valence-corrected chi connectivity index (χ1v) is 7.63. The SMILES string of the molecule is COc1cc(/C=N\Nc2ccc(Cl)cc2)cc(OC)c1OCC(N)=O. The first-order valence-electron chi connectivity index (χ1n) is 7.25. The third-order valence-electron chi connectivity index (χ3n) is 3.09. The summed E-state index contributed by atoms with van der Waals surface area (Å²) in [7, 11) is 2.97. The number of primary amides is 1. The van der Waals surface area contributed by atoms with Crippen LogP contribution >= 0.6 is 11.6 Å². The second-order valence-corrected chi connectivity index (χ2v) is 5.32. The van der Waals surface area contributed by atoms with Crippen molar-refractivity contribution in [1.29, 1.82) is 0 Å². The maximum Gasteiger partial charge on any atom is 0.255 e. The molecule has 0 aliphatic rings. The number of nitrogens with zero attached hydrogens (tertiary/aromatic N) is 1. The molecule has 0 fully saturated rings. The summed E-state index contributed by atoms with van der Waals surface area (Å²) in [6.07, 6.45) is 1.59. The van der Waals surface area contributed by atoms with Gasteiger partial charge in [0.1, 0.15) is 0 Å². The molecule has 3 N–H and O–H groups in total. The van der Waals surface area contributed by atoms with E-state index in [4.69, 9.17) is 31.5 Å². The maximum absolute atomic E-state index is 10.9. The Kier molecular flexibility index (Phi) is 6.47. The van der Waals surface area contributed by atoms with Gasteiger partial charge < -0.3 is 19.9 Å². The second-order valence-electron chi connectivity index (χ2n) is 4.89. The van der Waals surface area contributed by atoms with E-state index in [9.17, 15) is 4.79 Å². The molecule has 0 saturated heterocycles. The number of benzene rings is 2.